The topological polar surface area (TPSA) is 107 Å². The summed E-state index contributed by atoms with van der Waals surface area (Å²) in [6.45, 7) is 0. The number of ketones is 1. The number of allylic oxidation sites excluding steroid dienone is 1. The number of hydrogen-bond donors (Lipinski definition) is 2. The number of nitrogens with two attached hydrogens (primary N) is 1. The van der Waals surface area contributed by atoms with Gasteiger partial charge in [0.15, 0.2) is 0 Å². The van der Waals surface area contributed by atoms with Gasteiger partial charge in [0.05, 0.1) is 11.0 Å². The van der Waals surface area contributed by atoms with Gasteiger partial charge in [0.25, 0.3) is 0 Å². The predicted molar refractivity (Wildman–Crippen MR) is 119 cm³/mol. The van der Waals surface area contributed by atoms with Gasteiger partial charge in [0, 0.05) is 23.1 Å². The quantitative estimate of drug-likeness (QED) is 0.455. The van der Waals surface area contributed by atoms with Gasteiger partial charge in [-0.05, 0) is 23.8 Å². The maximum Gasteiger partial charge on any atom is 0.248 e. The zero-order valence-corrected chi connectivity index (χ0v) is 16.9. The number of nitrogens with zero attached hydrogens (tertiary/aromatic N) is 1. The number of primary amides is 1. The van der Waals surface area contributed by atoms with Crippen molar-refractivity contribution in [3.8, 4) is 11.4 Å². The fourth-order valence-corrected chi connectivity index (χ4v) is 3.56. The fraction of sp³-hybridized carbons (Fsp3) is 0.0800. The molecule has 1 aliphatic heterocycles. The molecule has 1 aliphatic rings. The van der Waals surface area contributed by atoms with E-state index in [0.717, 1.165) is 16.6 Å². The molecule has 0 saturated heterocycles. The number of ether oxygens (including phenoxy) is 2. The standard InChI is InChI=1S/C25H19N3O4/c26-24(30)18-10-11-19-20(13-18)28-25(27-19)17-8-6-16(7-9-17)23(29)21-14-31-22(32-21)12-15-4-2-1-3-5-15/h1-11,13-14,22H,12H2,(H2,26,30)(H,27,28). The summed E-state index contributed by atoms with van der Waals surface area (Å²) in [5, 5.41) is 0. The lowest BCUT2D eigenvalue weighted by atomic mass is 10.1. The molecule has 32 heavy (non-hydrogen) atoms. The van der Waals surface area contributed by atoms with Gasteiger partial charge in [-0.3, -0.25) is 9.59 Å². The number of rotatable bonds is 6. The number of carbonyl (C=O) groups excluding carboxylic acids is 2. The molecule has 4 aromatic rings. The third kappa shape index (κ3) is 3.83. The highest BCUT2D eigenvalue weighted by Crippen LogP contribution is 2.25. The molecule has 7 nitrogen and oxygen atoms in total. The molecule has 0 spiro atoms. The molecule has 1 amide bonds. The van der Waals surface area contributed by atoms with Crippen molar-refractivity contribution < 1.29 is 19.1 Å². The Kier molecular flexibility index (Phi) is 4.91. The first kappa shape index (κ1) is 19.6. The van der Waals surface area contributed by atoms with E-state index < -0.39 is 12.2 Å². The number of Topliss-reactive ketones (excluding diaryl/α,β-unsaturated/α-hetero) is 1. The summed E-state index contributed by atoms with van der Waals surface area (Å²) in [5.74, 6) is 0.0603. The lowest BCUT2D eigenvalue weighted by molar-refractivity contribution is -0.0288. The van der Waals surface area contributed by atoms with Crippen LogP contribution in [0.1, 0.15) is 26.3 Å². The molecule has 0 saturated carbocycles. The Morgan fingerprint density at radius 3 is 2.47 bits per heavy atom. The zero-order valence-electron chi connectivity index (χ0n) is 16.9. The number of H-pyrrole nitrogens is 1. The molecule has 1 unspecified atom stereocenters. The average Bonchev–Trinajstić information content (AvgIpc) is 3.46. The molecule has 7 heteroatoms. The van der Waals surface area contributed by atoms with Crippen LogP contribution in [0, 0.1) is 0 Å². The molecule has 158 valence electrons. The highest BCUT2D eigenvalue weighted by atomic mass is 16.7. The predicted octanol–water partition coefficient (Wildman–Crippen LogP) is 3.97. The molecule has 2 heterocycles. The van der Waals surface area contributed by atoms with Crippen molar-refractivity contribution >= 4 is 22.7 Å². The third-order valence-electron chi connectivity index (χ3n) is 5.24. The number of fused-ring (bicyclic) bond motifs is 1. The van der Waals surface area contributed by atoms with E-state index in [4.69, 9.17) is 15.2 Å². The molecule has 0 aliphatic carbocycles. The van der Waals surface area contributed by atoms with Crippen LogP contribution in [0.5, 0.6) is 0 Å². The van der Waals surface area contributed by atoms with Gasteiger partial charge in [-0.25, -0.2) is 4.98 Å². The number of hydrogen-bond acceptors (Lipinski definition) is 5. The maximum atomic E-state index is 12.8. The number of carbonyl (C=O) groups is 2. The second-order valence-corrected chi connectivity index (χ2v) is 7.44. The van der Waals surface area contributed by atoms with E-state index in [1.807, 2.05) is 30.3 Å². The van der Waals surface area contributed by atoms with Gasteiger partial charge in [0.1, 0.15) is 12.1 Å². The molecular weight excluding hydrogens is 406 g/mol. The first-order valence-electron chi connectivity index (χ1n) is 10.1. The van der Waals surface area contributed by atoms with Gasteiger partial charge >= 0.3 is 0 Å². The molecule has 3 N–H and O–H groups in total. The minimum Gasteiger partial charge on any atom is -0.458 e. The maximum absolute atomic E-state index is 12.8. The number of amides is 1. The molecule has 0 bridgehead atoms. The molecule has 1 aromatic heterocycles. The van der Waals surface area contributed by atoms with Crippen molar-refractivity contribution in [2.75, 3.05) is 0 Å². The first-order valence-corrected chi connectivity index (χ1v) is 10.1. The van der Waals surface area contributed by atoms with Crippen LogP contribution in [-0.2, 0) is 15.9 Å². The number of nitrogens with one attached hydrogen (secondary N) is 1. The number of aromatic amines is 1. The lowest BCUT2D eigenvalue weighted by Crippen LogP contribution is -2.14. The Morgan fingerprint density at radius 2 is 1.72 bits per heavy atom. The highest BCUT2D eigenvalue weighted by Gasteiger charge is 2.26. The van der Waals surface area contributed by atoms with Crippen LogP contribution in [0.3, 0.4) is 0 Å². The van der Waals surface area contributed by atoms with Crippen LogP contribution in [0.2, 0.25) is 0 Å². The van der Waals surface area contributed by atoms with Crippen molar-refractivity contribution in [2.45, 2.75) is 12.7 Å². The average molecular weight is 425 g/mol. The Bertz CT molecular complexity index is 1340. The first-order chi connectivity index (χ1) is 15.6. The van der Waals surface area contributed by atoms with Crippen molar-refractivity contribution in [3.63, 3.8) is 0 Å². The van der Waals surface area contributed by atoms with Crippen LogP contribution in [0.15, 0.2) is 84.8 Å². The molecular formula is C25H19N3O4. The second kappa shape index (κ2) is 8.03. The van der Waals surface area contributed by atoms with Gasteiger partial charge in [-0.1, -0.05) is 54.6 Å². The smallest absolute Gasteiger partial charge is 0.248 e. The lowest BCUT2D eigenvalue weighted by Gasteiger charge is -2.11. The van der Waals surface area contributed by atoms with E-state index in [9.17, 15) is 9.59 Å². The minimum atomic E-state index is -0.517. The van der Waals surface area contributed by atoms with Crippen LogP contribution in [0.25, 0.3) is 22.4 Å². The summed E-state index contributed by atoms with van der Waals surface area (Å²) in [4.78, 5) is 31.9. The molecule has 5 rings (SSSR count). The zero-order chi connectivity index (χ0) is 22.1. The molecule has 0 radical (unpaired) electrons. The Morgan fingerprint density at radius 1 is 0.969 bits per heavy atom. The highest BCUT2D eigenvalue weighted by molar-refractivity contribution is 6.07. The van der Waals surface area contributed by atoms with E-state index in [-0.39, 0.29) is 11.5 Å². The second-order valence-electron chi connectivity index (χ2n) is 7.44. The minimum absolute atomic E-state index is 0.182. The van der Waals surface area contributed by atoms with Gasteiger partial charge in [0.2, 0.25) is 23.7 Å². The summed E-state index contributed by atoms with van der Waals surface area (Å²) in [6, 6.07) is 21.9. The molecule has 0 fully saturated rings. The summed E-state index contributed by atoms with van der Waals surface area (Å²) >= 11 is 0. The largest absolute Gasteiger partial charge is 0.458 e. The monoisotopic (exact) mass is 425 g/mol. The SMILES string of the molecule is NC(=O)c1ccc2[nH]c(-c3ccc(C(=O)C4=COC(Cc5ccccc5)O4)cc3)nc2c1. The number of imidazole rings is 1. The van der Waals surface area contributed by atoms with E-state index in [1.165, 1.54) is 6.26 Å². The summed E-state index contributed by atoms with van der Waals surface area (Å²) in [7, 11) is 0. The van der Waals surface area contributed by atoms with Crippen LogP contribution in [-0.4, -0.2) is 27.9 Å². The normalized spacial score (nSPS) is 15.1. The van der Waals surface area contributed by atoms with Crippen LogP contribution >= 0.6 is 0 Å². The van der Waals surface area contributed by atoms with Gasteiger partial charge in [-0.2, -0.15) is 0 Å². The summed E-state index contributed by atoms with van der Waals surface area (Å²) < 4.78 is 11.2. The van der Waals surface area contributed by atoms with E-state index >= 15 is 0 Å². The summed E-state index contributed by atoms with van der Waals surface area (Å²) in [6.07, 6.45) is 1.41. The Balaban J connectivity index is 1.29. The summed E-state index contributed by atoms with van der Waals surface area (Å²) in [5.41, 5.74) is 9.51. The van der Waals surface area contributed by atoms with E-state index in [1.54, 1.807) is 42.5 Å². The van der Waals surface area contributed by atoms with Crippen molar-refractivity contribution in [2.24, 2.45) is 5.73 Å². The van der Waals surface area contributed by atoms with Gasteiger partial charge < -0.3 is 20.2 Å². The van der Waals surface area contributed by atoms with E-state index in [0.29, 0.717) is 28.9 Å². The van der Waals surface area contributed by atoms with Crippen LogP contribution in [0.4, 0.5) is 0 Å². The van der Waals surface area contributed by atoms with Crippen LogP contribution < -0.4 is 5.73 Å². The number of benzene rings is 3. The molecule has 3 aromatic carbocycles. The number of aromatic nitrogens is 2. The van der Waals surface area contributed by atoms with Crippen molar-refractivity contribution in [1.29, 1.82) is 0 Å². The van der Waals surface area contributed by atoms with Crippen molar-refractivity contribution in [1.82, 2.24) is 9.97 Å². The van der Waals surface area contributed by atoms with E-state index in [2.05, 4.69) is 9.97 Å². The fourth-order valence-electron chi connectivity index (χ4n) is 3.56. The Hall–Kier alpha value is -4.39. The van der Waals surface area contributed by atoms with Gasteiger partial charge in [-0.15, -0.1) is 0 Å². The Labute approximate surface area is 183 Å². The van der Waals surface area contributed by atoms with Crippen molar-refractivity contribution in [3.05, 3.63) is 102 Å². The molecule has 1 atom stereocenters. The third-order valence-corrected chi connectivity index (χ3v) is 5.24.